The number of aromatic nitrogens is 1. The predicted octanol–water partition coefficient (Wildman–Crippen LogP) is 2.88. The van der Waals surface area contributed by atoms with Crippen molar-refractivity contribution in [3.8, 4) is 5.75 Å². The van der Waals surface area contributed by atoms with E-state index in [1.807, 2.05) is 36.4 Å². The summed E-state index contributed by atoms with van der Waals surface area (Å²) in [5.41, 5.74) is 7.40. The SMILES string of the molecule is NCc1ccc(COc2cccc(Br)c2)cn1. The van der Waals surface area contributed by atoms with E-state index < -0.39 is 0 Å². The number of halogens is 1. The lowest BCUT2D eigenvalue weighted by atomic mass is 10.2. The van der Waals surface area contributed by atoms with Gasteiger partial charge in [-0.1, -0.05) is 28.1 Å². The van der Waals surface area contributed by atoms with Gasteiger partial charge in [-0.05, 0) is 24.3 Å². The maximum Gasteiger partial charge on any atom is 0.120 e. The Kier molecular flexibility index (Phi) is 4.12. The summed E-state index contributed by atoms with van der Waals surface area (Å²) in [6.45, 7) is 0.973. The molecule has 2 N–H and O–H groups in total. The van der Waals surface area contributed by atoms with Gasteiger partial charge in [0, 0.05) is 22.8 Å². The minimum absolute atomic E-state index is 0.465. The van der Waals surface area contributed by atoms with Crippen LogP contribution < -0.4 is 10.5 Å². The second kappa shape index (κ2) is 5.80. The summed E-state index contributed by atoms with van der Waals surface area (Å²) in [5, 5.41) is 0. The molecule has 0 spiro atoms. The fourth-order valence-corrected chi connectivity index (χ4v) is 1.76. The number of hydrogen-bond acceptors (Lipinski definition) is 3. The van der Waals surface area contributed by atoms with E-state index in [-0.39, 0.29) is 0 Å². The zero-order valence-corrected chi connectivity index (χ0v) is 10.9. The lowest BCUT2D eigenvalue weighted by molar-refractivity contribution is 0.305. The molecule has 0 unspecified atom stereocenters. The summed E-state index contributed by atoms with van der Waals surface area (Å²) in [6, 6.07) is 11.7. The van der Waals surface area contributed by atoms with E-state index in [9.17, 15) is 0 Å². The second-order valence-corrected chi connectivity index (χ2v) is 4.52. The van der Waals surface area contributed by atoms with Gasteiger partial charge in [0.2, 0.25) is 0 Å². The first kappa shape index (κ1) is 12.1. The van der Waals surface area contributed by atoms with Gasteiger partial charge in [-0.2, -0.15) is 0 Å². The molecule has 0 saturated carbocycles. The van der Waals surface area contributed by atoms with Gasteiger partial charge in [-0.25, -0.2) is 0 Å². The van der Waals surface area contributed by atoms with Crippen LogP contribution in [0.5, 0.6) is 5.75 Å². The lowest BCUT2D eigenvalue weighted by Crippen LogP contribution is -2.01. The number of pyridine rings is 1. The highest BCUT2D eigenvalue weighted by molar-refractivity contribution is 9.10. The normalized spacial score (nSPS) is 10.2. The zero-order valence-electron chi connectivity index (χ0n) is 9.27. The molecule has 2 aromatic rings. The molecule has 0 radical (unpaired) electrons. The second-order valence-electron chi connectivity index (χ2n) is 3.61. The number of rotatable bonds is 4. The molecule has 1 heterocycles. The molecule has 4 heteroatoms. The van der Waals surface area contributed by atoms with Gasteiger partial charge < -0.3 is 10.5 Å². The summed E-state index contributed by atoms with van der Waals surface area (Å²) in [6.07, 6.45) is 1.79. The third kappa shape index (κ3) is 3.54. The molecule has 0 aliphatic carbocycles. The van der Waals surface area contributed by atoms with Crippen molar-refractivity contribution < 1.29 is 4.74 Å². The first-order chi connectivity index (χ1) is 8.28. The third-order valence-corrected chi connectivity index (χ3v) is 2.79. The van der Waals surface area contributed by atoms with Crippen molar-refractivity contribution >= 4 is 15.9 Å². The minimum Gasteiger partial charge on any atom is -0.489 e. The van der Waals surface area contributed by atoms with E-state index in [0.717, 1.165) is 21.5 Å². The Morgan fingerprint density at radius 1 is 1.24 bits per heavy atom. The van der Waals surface area contributed by atoms with Crippen LogP contribution in [0, 0.1) is 0 Å². The molecule has 0 amide bonds. The zero-order chi connectivity index (χ0) is 12.1. The van der Waals surface area contributed by atoms with Crippen LogP contribution in [0.25, 0.3) is 0 Å². The van der Waals surface area contributed by atoms with E-state index in [4.69, 9.17) is 10.5 Å². The molecule has 0 atom stereocenters. The Hall–Kier alpha value is -1.39. The van der Waals surface area contributed by atoms with E-state index in [0.29, 0.717) is 13.2 Å². The van der Waals surface area contributed by atoms with Crippen LogP contribution in [0.3, 0.4) is 0 Å². The Balaban J connectivity index is 1.97. The van der Waals surface area contributed by atoms with Crippen LogP contribution in [-0.4, -0.2) is 4.98 Å². The largest absolute Gasteiger partial charge is 0.489 e. The summed E-state index contributed by atoms with van der Waals surface area (Å²) in [4.78, 5) is 4.21. The smallest absolute Gasteiger partial charge is 0.120 e. The van der Waals surface area contributed by atoms with Crippen molar-refractivity contribution in [1.29, 1.82) is 0 Å². The van der Waals surface area contributed by atoms with Gasteiger partial charge in [0.25, 0.3) is 0 Å². The van der Waals surface area contributed by atoms with Crippen LogP contribution >= 0.6 is 15.9 Å². The Morgan fingerprint density at radius 2 is 2.12 bits per heavy atom. The molecule has 2 rings (SSSR count). The number of ether oxygens (including phenoxy) is 1. The minimum atomic E-state index is 0.465. The van der Waals surface area contributed by atoms with Crippen molar-refractivity contribution in [2.24, 2.45) is 5.73 Å². The van der Waals surface area contributed by atoms with Crippen molar-refractivity contribution in [3.05, 3.63) is 58.3 Å². The summed E-state index contributed by atoms with van der Waals surface area (Å²) < 4.78 is 6.65. The molecule has 0 saturated heterocycles. The molecule has 0 bridgehead atoms. The van der Waals surface area contributed by atoms with Crippen LogP contribution in [0.15, 0.2) is 47.1 Å². The molecular weight excluding hydrogens is 280 g/mol. The molecule has 3 nitrogen and oxygen atoms in total. The standard InChI is InChI=1S/C13H13BrN2O/c14-11-2-1-3-13(6-11)17-9-10-4-5-12(7-15)16-8-10/h1-6,8H,7,9,15H2. The quantitative estimate of drug-likeness (QED) is 0.943. The predicted molar refractivity (Wildman–Crippen MR) is 70.6 cm³/mol. The van der Waals surface area contributed by atoms with E-state index >= 15 is 0 Å². The molecule has 1 aromatic carbocycles. The number of nitrogens with zero attached hydrogens (tertiary/aromatic N) is 1. The van der Waals surface area contributed by atoms with Crippen molar-refractivity contribution in [3.63, 3.8) is 0 Å². The molecule has 1 aromatic heterocycles. The Labute approximate surface area is 109 Å². The van der Waals surface area contributed by atoms with Crippen LogP contribution in [0.4, 0.5) is 0 Å². The first-order valence-corrected chi connectivity index (χ1v) is 6.09. The van der Waals surface area contributed by atoms with E-state index in [1.54, 1.807) is 6.20 Å². The maximum atomic E-state index is 5.65. The highest BCUT2D eigenvalue weighted by Gasteiger charge is 1.98. The van der Waals surface area contributed by atoms with E-state index in [1.165, 1.54) is 0 Å². The van der Waals surface area contributed by atoms with Crippen LogP contribution in [0.1, 0.15) is 11.3 Å². The van der Waals surface area contributed by atoms with Crippen LogP contribution in [0.2, 0.25) is 0 Å². The molecule has 17 heavy (non-hydrogen) atoms. The molecular formula is C13H13BrN2O. The molecule has 0 fully saturated rings. The van der Waals surface area contributed by atoms with Gasteiger partial charge in [0.05, 0.1) is 5.69 Å². The average molecular weight is 293 g/mol. The Bertz CT molecular complexity index is 485. The summed E-state index contributed by atoms with van der Waals surface area (Å²) >= 11 is 3.40. The van der Waals surface area contributed by atoms with Crippen LogP contribution in [-0.2, 0) is 13.2 Å². The van der Waals surface area contributed by atoms with Crippen molar-refractivity contribution in [1.82, 2.24) is 4.98 Å². The lowest BCUT2D eigenvalue weighted by Gasteiger charge is -2.06. The van der Waals surface area contributed by atoms with Gasteiger partial charge in [0.1, 0.15) is 12.4 Å². The molecule has 0 aliphatic heterocycles. The number of nitrogens with two attached hydrogens (primary N) is 1. The third-order valence-electron chi connectivity index (χ3n) is 2.30. The summed E-state index contributed by atoms with van der Waals surface area (Å²) in [5.74, 6) is 0.835. The number of hydrogen-bond donors (Lipinski definition) is 1. The summed E-state index contributed by atoms with van der Waals surface area (Å²) in [7, 11) is 0. The highest BCUT2D eigenvalue weighted by atomic mass is 79.9. The fraction of sp³-hybridized carbons (Fsp3) is 0.154. The van der Waals surface area contributed by atoms with Gasteiger partial charge in [-0.15, -0.1) is 0 Å². The van der Waals surface area contributed by atoms with Gasteiger partial charge in [0.15, 0.2) is 0 Å². The average Bonchev–Trinajstić information content (AvgIpc) is 2.37. The van der Waals surface area contributed by atoms with E-state index in [2.05, 4.69) is 20.9 Å². The maximum absolute atomic E-state index is 5.65. The topological polar surface area (TPSA) is 48.1 Å². The van der Waals surface area contributed by atoms with Crippen molar-refractivity contribution in [2.45, 2.75) is 13.2 Å². The van der Waals surface area contributed by atoms with Gasteiger partial charge in [-0.3, -0.25) is 4.98 Å². The highest BCUT2D eigenvalue weighted by Crippen LogP contribution is 2.18. The first-order valence-electron chi connectivity index (χ1n) is 5.30. The van der Waals surface area contributed by atoms with Crippen molar-refractivity contribution in [2.75, 3.05) is 0 Å². The fourth-order valence-electron chi connectivity index (χ4n) is 1.38. The Morgan fingerprint density at radius 3 is 2.76 bits per heavy atom. The molecule has 88 valence electrons. The molecule has 0 aliphatic rings. The monoisotopic (exact) mass is 292 g/mol. The number of benzene rings is 1. The van der Waals surface area contributed by atoms with Gasteiger partial charge >= 0.3 is 0 Å².